The predicted octanol–water partition coefficient (Wildman–Crippen LogP) is -3.15. The van der Waals surface area contributed by atoms with Crippen LogP contribution in [0.15, 0.2) is 35.5 Å². The highest BCUT2D eigenvalue weighted by Crippen LogP contribution is 2.19. The van der Waals surface area contributed by atoms with Gasteiger partial charge in [0.05, 0.1) is 25.6 Å². The highest BCUT2D eigenvalue weighted by Gasteiger charge is 2.26. The van der Waals surface area contributed by atoms with E-state index in [9.17, 15) is 33.9 Å². The minimum atomic E-state index is -1.59. The molecule has 0 aliphatic carbocycles. The normalized spacial score (nSPS) is 12.8. The monoisotopic (exact) mass is 589 g/mol. The zero-order chi connectivity index (χ0) is 31.2. The largest absolute Gasteiger partial charge is 0.481 e. The minimum Gasteiger partial charge on any atom is -0.481 e. The maximum atomic E-state index is 12.6. The van der Waals surface area contributed by atoms with Gasteiger partial charge in [-0.25, -0.2) is 4.79 Å². The highest BCUT2D eigenvalue weighted by molar-refractivity contribution is 5.95. The van der Waals surface area contributed by atoms with Crippen molar-refractivity contribution in [2.45, 2.75) is 43.8 Å². The molecule has 17 nitrogen and oxygen atoms in total. The van der Waals surface area contributed by atoms with Crippen molar-refractivity contribution in [3.63, 3.8) is 0 Å². The molecule has 0 spiro atoms. The zero-order valence-corrected chi connectivity index (χ0v) is 22.6. The fourth-order valence-corrected chi connectivity index (χ4v) is 3.83. The van der Waals surface area contributed by atoms with Crippen LogP contribution in [0.5, 0.6) is 0 Å². The number of nitrogens with two attached hydrogens (primary N) is 3. The average molecular weight is 590 g/mol. The van der Waals surface area contributed by atoms with Gasteiger partial charge in [-0.05, 0) is 24.5 Å². The molecule has 2 rings (SSSR count). The number of hydrogen-bond donors (Lipinski definition) is 10. The molecule has 1 heterocycles. The summed E-state index contributed by atoms with van der Waals surface area (Å²) >= 11 is 0. The molecule has 0 aliphatic rings. The molecule has 17 heteroatoms. The Hall–Kier alpha value is -5.19. The Kier molecular flexibility index (Phi) is 12.7. The number of aromatic nitrogens is 1. The SMILES string of the molecule is NC(N)=NCCC[C@H](N)C(=O)NCC(=O)N[C@@H](CC(=O)O)C(=O)NCC(=O)N[C@@H](Cc1c[nH]c2ccccc12)C(=O)O. The first-order valence-electron chi connectivity index (χ1n) is 12.8. The van der Waals surface area contributed by atoms with Gasteiger partial charge >= 0.3 is 11.9 Å². The van der Waals surface area contributed by atoms with Crippen LogP contribution >= 0.6 is 0 Å². The van der Waals surface area contributed by atoms with Gasteiger partial charge < -0.3 is 53.7 Å². The lowest BCUT2D eigenvalue weighted by molar-refractivity contribution is -0.142. The maximum absolute atomic E-state index is 12.6. The lowest BCUT2D eigenvalue weighted by Gasteiger charge is -2.18. The van der Waals surface area contributed by atoms with Crippen molar-refractivity contribution in [1.29, 1.82) is 0 Å². The highest BCUT2D eigenvalue weighted by atomic mass is 16.4. The number of carboxylic acid groups (broad SMARTS) is 2. The number of guanidine groups is 1. The molecule has 0 aliphatic heterocycles. The summed E-state index contributed by atoms with van der Waals surface area (Å²) in [6.45, 7) is -1.03. The number of nitrogens with zero attached hydrogens (tertiary/aromatic N) is 1. The van der Waals surface area contributed by atoms with E-state index < -0.39 is 73.2 Å². The molecule has 228 valence electrons. The summed E-state index contributed by atoms with van der Waals surface area (Å²) in [5.41, 5.74) is 17.6. The van der Waals surface area contributed by atoms with Crippen LogP contribution in [0.4, 0.5) is 0 Å². The summed E-state index contributed by atoms with van der Waals surface area (Å²) in [5.74, 6) is -6.22. The molecular weight excluding hydrogens is 554 g/mol. The molecule has 1 aromatic heterocycles. The molecule has 4 amide bonds. The molecule has 1 aromatic carbocycles. The molecule has 0 bridgehead atoms. The smallest absolute Gasteiger partial charge is 0.326 e. The topological polar surface area (TPSA) is 297 Å². The standard InChI is InChI=1S/C25H35N9O8/c26-15(5-3-7-29-25(27)28)22(39)31-11-19(35)33-17(9-21(37)38)23(40)32-12-20(36)34-18(24(41)42)8-13-10-30-16-6-2-1-4-14(13)16/h1-2,4,6,10,15,17-18,30H,3,5,7-9,11-12,26H2,(H,31,39)(H,32,40)(H,33,35)(H,34,36)(H,37,38)(H,41,42)(H4,27,28,29)/t15-,17-,18-/m0/s1. The van der Waals surface area contributed by atoms with E-state index in [0.29, 0.717) is 12.0 Å². The van der Waals surface area contributed by atoms with Gasteiger partial charge in [-0.15, -0.1) is 0 Å². The number of nitrogens with one attached hydrogen (secondary N) is 5. The quantitative estimate of drug-likeness (QED) is 0.0499. The molecule has 0 saturated carbocycles. The van der Waals surface area contributed by atoms with Gasteiger partial charge in [0.15, 0.2) is 5.96 Å². The second-order valence-electron chi connectivity index (χ2n) is 9.23. The van der Waals surface area contributed by atoms with Crippen molar-refractivity contribution >= 4 is 52.4 Å². The van der Waals surface area contributed by atoms with Crippen molar-refractivity contribution in [3.8, 4) is 0 Å². The maximum Gasteiger partial charge on any atom is 0.326 e. The number of para-hydroxylation sites is 1. The lowest BCUT2D eigenvalue weighted by atomic mass is 10.0. The van der Waals surface area contributed by atoms with Crippen molar-refractivity contribution in [1.82, 2.24) is 26.3 Å². The molecule has 0 fully saturated rings. The second kappa shape index (κ2) is 16.2. The zero-order valence-electron chi connectivity index (χ0n) is 22.6. The summed E-state index contributed by atoms with van der Waals surface area (Å²) in [6, 6.07) is 3.35. The number of aliphatic imine (C=N–C) groups is 1. The van der Waals surface area contributed by atoms with Gasteiger partial charge in [0.2, 0.25) is 23.6 Å². The Bertz CT molecular complexity index is 1320. The number of aliphatic carboxylic acids is 2. The van der Waals surface area contributed by atoms with Crippen molar-refractivity contribution in [3.05, 3.63) is 36.0 Å². The van der Waals surface area contributed by atoms with E-state index in [2.05, 4.69) is 31.2 Å². The van der Waals surface area contributed by atoms with E-state index in [4.69, 9.17) is 22.3 Å². The van der Waals surface area contributed by atoms with Gasteiger partial charge in [0.25, 0.3) is 0 Å². The van der Waals surface area contributed by atoms with E-state index in [1.807, 2.05) is 12.1 Å². The van der Waals surface area contributed by atoms with Crippen molar-refractivity contribution < 1.29 is 39.0 Å². The summed E-state index contributed by atoms with van der Waals surface area (Å²) in [7, 11) is 0. The lowest BCUT2D eigenvalue weighted by Crippen LogP contribution is -2.53. The number of rotatable bonds is 17. The Morgan fingerprint density at radius 3 is 2.14 bits per heavy atom. The average Bonchev–Trinajstić information content (AvgIpc) is 3.34. The Labute approximate surface area is 239 Å². The number of aromatic amines is 1. The first-order valence-corrected chi connectivity index (χ1v) is 12.8. The number of carbonyl (C=O) groups is 6. The van der Waals surface area contributed by atoms with E-state index in [1.54, 1.807) is 18.3 Å². The van der Waals surface area contributed by atoms with E-state index in [1.165, 1.54) is 0 Å². The van der Waals surface area contributed by atoms with Gasteiger partial charge in [-0.3, -0.25) is 29.0 Å². The first-order chi connectivity index (χ1) is 19.9. The molecule has 13 N–H and O–H groups in total. The van der Waals surface area contributed by atoms with E-state index in [0.717, 1.165) is 10.9 Å². The summed E-state index contributed by atoms with van der Waals surface area (Å²) in [5, 5.41) is 28.5. The van der Waals surface area contributed by atoms with Crippen LogP contribution in [0.2, 0.25) is 0 Å². The van der Waals surface area contributed by atoms with Crippen LogP contribution in [0.1, 0.15) is 24.8 Å². The van der Waals surface area contributed by atoms with E-state index >= 15 is 0 Å². The first kappa shape index (κ1) is 33.0. The minimum absolute atomic E-state index is 0.0393. The number of H-pyrrole nitrogens is 1. The van der Waals surface area contributed by atoms with Crippen LogP contribution < -0.4 is 38.5 Å². The predicted molar refractivity (Wildman–Crippen MR) is 150 cm³/mol. The van der Waals surface area contributed by atoms with E-state index in [-0.39, 0.29) is 25.3 Å². The fraction of sp³-hybridized carbons (Fsp3) is 0.400. The summed E-state index contributed by atoms with van der Waals surface area (Å²) in [6.07, 6.45) is 1.40. The molecule has 0 saturated heterocycles. The van der Waals surface area contributed by atoms with Gasteiger partial charge in [-0.1, -0.05) is 18.2 Å². The van der Waals surface area contributed by atoms with Crippen LogP contribution in [-0.4, -0.2) is 94.5 Å². The molecule has 2 aromatic rings. The molecule has 42 heavy (non-hydrogen) atoms. The number of carbonyl (C=O) groups excluding carboxylic acids is 4. The van der Waals surface area contributed by atoms with Crippen LogP contribution in [-0.2, 0) is 35.2 Å². The number of benzene rings is 1. The fourth-order valence-electron chi connectivity index (χ4n) is 3.83. The summed E-state index contributed by atoms with van der Waals surface area (Å²) < 4.78 is 0. The number of carboxylic acids is 2. The van der Waals surface area contributed by atoms with Gasteiger partial charge in [0.1, 0.15) is 12.1 Å². The van der Waals surface area contributed by atoms with Crippen molar-refractivity contribution in [2.75, 3.05) is 19.6 Å². The Morgan fingerprint density at radius 2 is 1.52 bits per heavy atom. The number of hydrogen-bond acceptors (Lipinski definition) is 8. The van der Waals surface area contributed by atoms with Crippen molar-refractivity contribution in [2.24, 2.45) is 22.2 Å². The molecule has 0 unspecified atom stereocenters. The van der Waals surface area contributed by atoms with Gasteiger partial charge in [0, 0.05) is 30.1 Å². The number of fused-ring (bicyclic) bond motifs is 1. The van der Waals surface area contributed by atoms with Crippen LogP contribution in [0, 0.1) is 0 Å². The molecule has 3 atom stereocenters. The Morgan fingerprint density at radius 1 is 0.905 bits per heavy atom. The third-order valence-electron chi connectivity index (χ3n) is 5.91. The third kappa shape index (κ3) is 11.1. The molecular formula is C25H35N9O8. The summed E-state index contributed by atoms with van der Waals surface area (Å²) in [4.78, 5) is 79.1. The Balaban J connectivity index is 1.86. The van der Waals surface area contributed by atoms with Crippen LogP contribution in [0.25, 0.3) is 10.9 Å². The number of amides is 4. The molecule has 0 radical (unpaired) electrons. The van der Waals surface area contributed by atoms with Gasteiger partial charge in [-0.2, -0.15) is 0 Å². The van der Waals surface area contributed by atoms with Crippen LogP contribution in [0.3, 0.4) is 0 Å². The third-order valence-corrected chi connectivity index (χ3v) is 5.91. The second-order valence-corrected chi connectivity index (χ2v) is 9.23.